The standard InChI is InChI=1S/C33H40Cl2N2O4/c1-5-23(4)36-33(39)29(20-24-11-9-8-10-12-24)37(22-26-13-16-27(34)28(35)19-26)32(38)18-15-25-14-17-30(40-6-2)31(21-25)41-7-3/h8-14,16-17,19,21,23,29H,5-7,15,18,20,22H2,1-4H3,(H,36,39)/t23-,29-/m1/s1. The summed E-state index contributed by atoms with van der Waals surface area (Å²) in [6.45, 7) is 9.08. The third-order valence-corrected chi connectivity index (χ3v) is 7.58. The predicted molar refractivity (Wildman–Crippen MR) is 166 cm³/mol. The fourth-order valence-corrected chi connectivity index (χ4v) is 4.80. The van der Waals surface area contributed by atoms with E-state index in [0.29, 0.717) is 47.6 Å². The Morgan fingerprint density at radius 3 is 2.17 bits per heavy atom. The summed E-state index contributed by atoms with van der Waals surface area (Å²) in [7, 11) is 0. The van der Waals surface area contributed by atoms with Crippen LogP contribution in [0.5, 0.6) is 11.5 Å². The first-order valence-corrected chi connectivity index (χ1v) is 15.0. The zero-order valence-electron chi connectivity index (χ0n) is 24.3. The van der Waals surface area contributed by atoms with Crippen molar-refractivity contribution in [3.8, 4) is 11.5 Å². The Balaban J connectivity index is 1.93. The first kappa shape index (κ1) is 32.3. The Morgan fingerprint density at radius 2 is 1.51 bits per heavy atom. The molecular weight excluding hydrogens is 559 g/mol. The van der Waals surface area contributed by atoms with Crippen LogP contribution in [0.25, 0.3) is 0 Å². The van der Waals surface area contributed by atoms with Crippen LogP contribution in [0.2, 0.25) is 10.0 Å². The maximum atomic E-state index is 14.0. The van der Waals surface area contributed by atoms with Crippen LogP contribution in [0.4, 0.5) is 0 Å². The minimum absolute atomic E-state index is 0.0245. The Bertz CT molecular complexity index is 1290. The van der Waals surface area contributed by atoms with Gasteiger partial charge < -0.3 is 19.7 Å². The number of nitrogens with zero attached hydrogens (tertiary/aromatic N) is 1. The van der Waals surface area contributed by atoms with Crippen molar-refractivity contribution in [1.82, 2.24) is 10.2 Å². The number of hydrogen-bond donors (Lipinski definition) is 1. The van der Waals surface area contributed by atoms with Crippen LogP contribution in [0.1, 0.15) is 57.2 Å². The molecule has 0 spiro atoms. The number of ether oxygens (including phenoxy) is 2. The predicted octanol–water partition coefficient (Wildman–Crippen LogP) is 7.28. The van der Waals surface area contributed by atoms with Crippen LogP contribution in [0.3, 0.4) is 0 Å². The monoisotopic (exact) mass is 598 g/mol. The highest BCUT2D eigenvalue weighted by atomic mass is 35.5. The molecule has 0 aliphatic carbocycles. The van der Waals surface area contributed by atoms with Crippen LogP contribution < -0.4 is 14.8 Å². The quantitative estimate of drug-likeness (QED) is 0.199. The summed E-state index contributed by atoms with van der Waals surface area (Å²) >= 11 is 12.5. The number of amides is 2. The molecule has 220 valence electrons. The van der Waals surface area contributed by atoms with Crippen molar-refractivity contribution in [2.75, 3.05) is 13.2 Å². The molecule has 3 aromatic rings. The molecule has 0 saturated heterocycles. The lowest BCUT2D eigenvalue weighted by molar-refractivity contribution is -0.141. The highest BCUT2D eigenvalue weighted by Gasteiger charge is 2.31. The number of nitrogens with one attached hydrogen (secondary N) is 1. The molecule has 0 heterocycles. The molecule has 0 saturated carbocycles. The highest BCUT2D eigenvalue weighted by molar-refractivity contribution is 6.42. The topological polar surface area (TPSA) is 67.9 Å². The number of halogens is 2. The molecule has 0 unspecified atom stereocenters. The second kappa shape index (κ2) is 16.3. The number of hydrogen-bond acceptors (Lipinski definition) is 4. The van der Waals surface area contributed by atoms with E-state index >= 15 is 0 Å². The molecular formula is C33H40Cl2N2O4. The van der Waals surface area contributed by atoms with Gasteiger partial charge in [-0.15, -0.1) is 0 Å². The molecule has 3 rings (SSSR count). The van der Waals surface area contributed by atoms with Gasteiger partial charge in [0.1, 0.15) is 6.04 Å². The maximum absolute atomic E-state index is 14.0. The number of benzene rings is 3. The van der Waals surface area contributed by atoms with Crippen molar-refractivity contribution in [1.29, 1.82) is 0 Å². The molecule has 8 heteroatoms. The molecule has 0 aliphatic heterocycles. The van der Waals surface area contributed by atoms with Gasteiger partial charge in [0.25, 0.3) is 0 Å². The van der Waals surface area contributed by atoms with Crippen LogP contribution in [-0.4, -0.2) is 42.0 Å². The van der Waals surface area contributed by atoms with Crippen molar-refractivity contribution in [3.05, 3.63) is 93.5 Å². The molecule has 2 amide bonds. The lowest BCUT2D eigenvalue weighted by atomic mass is 10.0. The normalized spacial score (nSPS) is 12.3. The van der Waals surface area contributed by atoms with Crippen LogP contribution >= 0.6 is 23.2 Å². The first-order valence-electron chi connectivity index (χ1n) is 14.2. The lowest BCUT2D eigenvalue weighted by Crippen LogP contribution is -2.52. The van der Waals surface area contributed by atoms with Gasteiger partial charge in [-0.1, -0.05) is 72.6 Å². The van der Waals surface area contributed by atoms with Gasteiger partial charge >= 0.3 is 0 Å². The molecule has 3 aromatic carbocycles. The van der Waals surface area contributed by atoms with Crippen molar-refractivity contribution in [3.63, 3.8) is 0 Å². The maximum Gasteiger partial charge on any atom is 0.243 e. The number of carbonyl (C=O) groups excluding carboxylic acids is 2. The third-order valence-electron chi connectivity index (χ3n) is 6.84. The second-order valence-corrected chi connectivity index (χ2v) is 10.8. The third kappa shape index (κ3) is 9.68. The summed E-state index contributed by atoms with van der Waals surface area (Å²) in [5, 5.41) is 3.93. The van der Waals surface area contributed by atoms with Gasteiger partial charge in [-0.25, -0.2) is 0 Å². The Kier molecular flexibility index (Phi) is 12.8. The Labute approximate surface area is 253 Å². The molecule has 6 nitrogen and oxygen atoms in total. The molecule has 41 heavy (non-hydrogen) atoms. The summed E-state index contributed by atoms with van der Waals surface area (Å²) < 4.78 is 11.5. The average molecular weight is 600 g/mol. The molecule has 0 bridgehead atoms. The highest BCUT2D eigenvalue weighted by Crippen LogP contribution is 2.29. The molecule has 0 fully saturated rings. The van der Waals surface area contributed by atoms with Gasteiger partial charge in [-0.05, 0) is 74.6 Å². The van der Waals surface area contributed by atoms with Crippen LogP contribution in [0.15, 0.2) is 66.7 Å². The summed E-state index contributed by atoms with van der Waals surface area (Å²) in [5.74, 6) is 1.01. The number of rotatable bonds is 15. The largest absolute Gasteiger partial charge is 0.490 e. The number of carbonyl (C=O) groups is 2. The SMILES string of the molecule is CCOc1ccc(CCC(=O)N(Cc2ccc(Cl)c(Cl)c2)[C@H](Cc2ccccc2)C(=O)N[C@H](C)CC)cc1OCC. The minimum Gasteiger partial charge on any atom is -0.490 e. The van der Waals surface area contributed by atoms with E-state index in [2.05, 4.69) is 5.32 Å². The summed E-state index contributed by atoms with van der Waals surface area (Å²) in [6.07, 6.45) is 1.86. The van der Waals surface area contributed by atoms with Gasteiger partial charge in [0.05, 0.1) is 23.3 Å². The Morgan fingerprint density at radius 1 is 0.829 bits per heavy atom. The van der Waals surface area contributed by atoms with E-state index in [1.165, 1.54) is 0 Å². The van der Waals surface area contributed by atoms with E-state index in [-0.39, 0.29) is 30.8 Å². The summed E-state index contributed by atoms with van der Waals surface area (Å²) in [6, 6.07) is 20.0. The first-order chi connectivity index (χ1) is 19.7. The Hall–Kier alpha value is -3.22. The van der Waals surface area contributed by atoms with E-state index in [1.807, 2.05) is 82.3 Å². The van der Waals surface area contributed by atoms with E-state index in [1.54, 1.807) is 17.0 Å². The molecule has 0 radical (unpaired) electrons. The molecule has 0 aromatic heterocycles. The number of aryl methyl sites for hydroxylation is 1. The lowest BCUT2D eigenvalue weighted by Gasteiger charge is -2.32. The summed E-state index contributed by atoms with van der Waals surface area (Å²) in [4.78, 5) is 29.3. The summed E-state index contributed by atoms with van der Waals surface area (Å²) in [5.41, 5.74) is 2.71. The van der Waals surface area contributed by atoms with Crippen molar-refractivity contribution in [2.24, 2.45) is 0 Å². The minimum atomic E-state index is -0.715. The van der Waals surface area contributed by atoms with Crippen molar-refractivity contribution >= 4 is 35.0 Å². The van der Waals surface area contributed by atoms with E-state index in [0.717, 1.165) is 23.1 Å². The zero-order chi connectivity index (χ0) is 29.8. The van der Waals surface area contributed by atoms with Crippen molar-refractivity contribution < 1.29 is 19.1 Å². The zero-order valence-corrected chi connectivity index (χ0v) is 25.8. The fraction of sp³-hybridized carbons (Fsp3) is 0.394. The smallest absolute Gasteiger partial charge is 0.243 e. The van der Waals surface area contributed by atoms with E-state index in [4.69, 9.17) is 32.7 Å². The van der Waals surface area contributed by atoms with Crippen LogP contribution in [0, 0.1) is 0 Å². The van der Waals surface area contributed by atoms with Crippen molar-refractivity contribution in [2.45, 2.75) is 72.0 Å². The van der Waals surface area contributed by atoms with Gasteiger partial charge in [0.15, 0.2) is 11.5 Å². The second-order valence-electron chi connectivity index (χ2n) is 9.94. The molecule has 2 atom stereocenters. The van der Waals surface area contributed by atoms with E-state index in [9.17, 15) is 9.59 Å². The van der Waals surface area contributed by atoms with E-state index < -0.39 is 6.04 Å². The molecule has 1 N–H and O–H groups in total. The fourth-order valence-electron chi connectivity index (χ4n) is 4.48. The average Bonchev–Trinajstić information content (AvgIpc) is 2.97. The van der Waals surface area contributed by atoms with Gasteiger partial charge in [0.2, 0.25) is 11.8 Å². The van der Waals surface area contributed by atoms with Gasteiger partial charge in [-0.3, -0.25) is 9.59 Å². The molecule has 0 aliphatic rings. The van der Waals surface area contributed by atoms with Gasteiger partial charge in [-0.2, -0.15) is 0 Å². The van der Waals surface area contributed by atoms with Gasteiger partial charge in [0, 0.05) is 25.4 Å². The van der Waals surface area contributed by atoms with Crippen LogP contribution in [-0.2, 0) is 29.0 Å².